The van der Waals surface area contributed by atoms with Gasteiger partial charge < -0.3 is 4.74 Å². The van der Waals surface area contributed by atoms with Crippen molar-refractivity contribution in [1.82, 2.24) is 15.1 Å². The van der Waals surface area contributed by atoms with Gasteiger partial charge in [0.15, 0.2) is 5.82 Å². The standard InChI is InChI=1S/C14H7ClF3N3O3/c15-10-5-8(14(16,17)18)6-19-12(10)23-9-3-1-7(2-4-9)11-20-13(22)24-21-11/h1-6H,(H,20,21,22). The second kappa shape index (κ2) is 6.00. The number of halogens is 4. The van der Waals surface area contributed by atoms with Crippen LogP contribution in [0.1, 0.15) is 5.56 Å². The summed E-state index contributed by atoms with van der Waals surface area (Å²) in [5.74, 6) is -0.325. The number of pyridine rings is 1. The number of hydrogen-bond acceptors (Lipinski definition) is 5. The van der Waals surface area contributed by atoms with Crippen LogP contribution >= 0.6 is 11.6 Å². The quantitative estimate of drug-likeness (QED) is 0.769. The Bertz CT molecular complexity index is 919. The third kappa shape index (κ3) is 3.40. The molecule has 3 rings (SSSR count). The predicted molar refractivity (Wildman–Crippen MR) is 76.9 cm³/mol. The number of benzene rings is 1. The normalized spacial score (nSPS) is 11.5. The van der Waals surface area contributed by atoms with Crippen LogP contribution in [-0.2, 0) is 6.18 Å². The van der Waals surface area contributed by atoms with E-state index in [0.717, 1.165) is 6.07 Å². The minimum Gasteiger partial charge on any atom is -0.438 e. The first-order chi connectivity index (χ1) is 11.3. The van der Waals surface area contributed by atoms with E-state index < -0.39 is 17.5 Å². The van der Waals surface area contributed by atoms with Gasteiger partial charge >= 0.3 is 11.9 Å². The average Bonchev–Trinajstić information content (AvgIpc) is 2.95. The van der Waals surface area contributed by atoms with E-state index >= 15 is 0 Å². The third-order valence-electron chi connectivity index (χ3n) is 2.92. The third-order valence-corrected chi connectivity index (χ3v) is 3.19. The second-order valence-electron chi connectivity index (χ2n) is 4.58. The molecule has 0 saturated heterocycles. The van der Waals surface area contributed by atoms with Gasteiger partial charge in [-0.2, -0.15) is 13.2 Å². The first-order valence-corrected chi connectivity index (χ1v) is 6.78. The molecule has 0 atom stereocenters. The molecule has 0 radical (unpaired) electrons. The molecule has 0 spiro atoms. The summed E-state index contributed by atoms with van der Waals surface area (Å²) in [6.07, 6.45) is -3.90. The highest BCUT2D eigenvalue weighted by molar-refractivity contribution is 6.31. The van der Waals surface area contributed by atoms with Crippen LogP contribution in [0, 0.1) is 0 Å². The zero-order valence-corrected chi connectivity index (χ0v) is 12.4. The summed E-state index contributed by atoms with van der Waals surface area (Å²) in [6.45, 7) is 0. The van der Waals surface area contributed by atoms with Crippen molar-refractivity contribution in [2.45, 2.75) is 6.18 Å². The lowest BCUT2D eigenvalue weighted by Crippen LogP contribution is -2.05. The van der Waals surface area contributed by atoms with E-state index in [0.29, 0.717) is 17.5 Å². The number of alkyl halides is 3. The SMILES string of the molecule is O=c1[nH]c(-c2ccc(Oc3ncc(C(F)(F)F)cc3Cl)cc2)no1. The maximum Gasteiger partial charge on any atom is 0.439 e. The van der Waals surface area contributed by atoms with Crippen LogP contribution in [0.4, 0.5) is 13.2 Å². The molecule has 0 unspecified atom stereocenters. The summed E-state index contributed by atoms with van der Waals surface area (Å²) >= 11 is 5.77. The van der Waals surface area contributed by atoms with Gasteiger partial charge in [0.25, 0.3) is 0 Å². The van der Waals surface area contributed by atoms with Crippen LogP contribution in [0.25, 0.3) is 11.4 Å². The summed E-state index contributed by atoms with van der Waals surface area (Å²) < 4.78 is 47.4. The van der Waals surface area contributed by atoms with Crippen LogP contribution in [0.15, 0.2) is 45.8 Å². The van der Waals surface area contributed by atoms with Crippen LogP contribution < -0.4 is 10.5 Å². The lowest BCUT2D eigenvalue weighted by molar-refractivity contribution is -0.137. The van der Waals surface area contributed by atoms with Crippen molar-refractivity contribution in [2.24, 2.45) is 0 Å². The molecular formula is C14H7ClF3N3O3. The zero-order chi connectivity index (χ0) is 17.3. The molecule has 0 fully saturated rings. The van der Waals surface area contributed by atoms with Gasteiger partial charge in [-0.25, -0.2) is 9.78 Å². The fourth-order valence-corrected chi connectivity index (χ4v) is 2.01. The first kappa shape index (κ1) is 16.1. The van der Waals surface area contributed by atoms with E-state index in [1.807, 2.05) is 0 Å². The number of nitrogens with one attached hydrogen (secondary N) is 1. The molecule has 1 N–H and O–H groups in total. The Kier molecular flexibility index (Phi) is 4.02. The largest absolute Gasteiger partial charge is 0.439 e. The molecular weight excluding hydrogens is 351 g/mol. The van der Waals surface area contributed by atoms with Crippen molar-refractivity contribution in [3.8, 4) is 23.0 Å². The topological polar surface area (TPSA) is 81.0 Å². The van der Waals surface area contributed by atoms with Crippen LogP contribution in [0.3, 0.4) is 0 Å². The average molecular weight is 358 g/mol. The summed E-state index contributed by atoms with van der Waals surface area (Å²) in [5, 5.41) is 3.25. The van der Waals surface area contributed by atoms with Gasteiger partial charge in [-0.05, 0) is 30.3 Å². The van der Waals surface area contributed by atoms with Crippen molar-refractivity contribution < 1.29 is 22.4 Å². The Morgan fingerprint density at radius 1 is 1.21 bits per heavy atom. The highest BCUT2D eigenvalue weighted by Crippen LogP contribution is 2.34. The second-order valence-corrected chi connectivity index (χ2v) is 4.99. The number of ether oxygens (including phenoxy) is 1. The molecule has 1 aromatic carbocycles. The molecule has 0 saturated carbocycles. The van der Waals surface area contributed by atoms with Gasteiger partial charge in [0.2, 0.25) is 5.88 Å². The Balaban J connectivity index is 1.80. The fourth-order valence-electron chi connectivity index (χ4n) is 1.80. The van der Waals surface area contributed by atoms with Crippen molar-refractivity contribution in [2.75, 3.05) is 0 Å². The Morgan fingerprint density at radius 2 is 1.92 bits per heavy atom. The van der Waals surface area contributed by atoms with Gasteiger partial charge in [0, 0.05) is 11.8 Å². The van der Waals surface area contributed by atoms with Crippen LogP contribution in [0.2, 0.25) is 5.02 Å². The minimum absolute atomic E-state index is 0.160. The molecule has 3 aromatic rings. The van der Waals surface area contributed by atoms with Crippen molar-refractivity contribution >= 4 is 11.6 Å². The van der Waals surface area contributed by atoms with Crippen LogP contribution in [0.5, 0.6) is 11.6 Å². The highest BCUT2D eigenvalue weighted by Gasteiger charge is 2.31. The Hall–Kier alpha value is -2.81. The summed E-state index contributed by atoms with van der Waals surface area (Å²) in [6, 6.07) is 6.90. The molecule has 0 aliphatic carbocycles. The molecule has 6 nitrogen and oxygen atoms in total. The molecule has 2 heterocycles. The van der Waals surface area contributed by atoms with E-state index in [9.17, 15) is 18.0 Å². The minimum atomic E-state index is -4.54. The molecule has 0 bridgehead atoms. The van der Waals surface area contributed by atoms with E-state index in [2.05, 4.69) is 19.6 Å². The number of nitrogens with zero attached hydrogens (tertiary/aromatic N) is 2. The van der Waals surface area contributed by atoms with Gasteiger partial charge in [-0.1, -0.05) is 16.8 Å². The number of rotatable bonds is 3. The van der Waals surface area contributed by atoms with Crippen LogP contribution in [-0.4, -0.2) is 15.1 Å². The first-order valence-electron chi connectivity index (χ1n) is 6.40. The predicted octanol–water partition coefficient (Wildman–Crippen LogP) is 3.89. The van der Waals surface area contributed by atoms with Gasteiger partial charge in [-0.3, -0.25) is 9.51 Å². The van der Waals surface area contributed by atoms with Crippen molar-refractivity contribution in [3.63, 3.8) is 0 Å². The maximum atomic E-state index is 12.6. The highest BCUT2D eigenvalue weighted by atomic mass is 35.5. The van der Waals surface area contributed by atoms with Crippen molar-refractivity contribution in [3.05, 3.63) is 57.7 Å². The van der Waals surface area contributed by atoms with E-state index in [-0.39, 0.29) is 16.7 Å². The maximum absolute atomic E-state index is 12.6. The molecule has 10 heteroatoms. The summed E-state index contributed by atoms with van der Waals surface area (Å²) in [4.78, 5) is 16.8. The van der Waals surface area contributed by atoms with Gasteiger partial charge in [0.05, 0.1) is 5.56 Å². The smallest absolute Gasteiger partial charge is 0.438 e. The monoisotopic (exact) mass is 357 g/mol. The molecule has 124 valence electrons. The van der Waals surface area contributed by atoms with Gasteiger partial charge in [-0.15, -0.1) is 0 Å². The Morgan fingerprint density at radius 3 is 2.46 bits per heavy atom. The number of H-pyrrole nitrogens is 1. The molecule has 2 aromatic heterocycles. The van der Waals surface area contributed by atoms with E-state index in [4.69, 9.17) is 16.3 Å². The number of aromatic amines is 1. The fraction of sp³-hybridized carbons (Fsp3) is 0.0714. The van der Waals surface area contributed by atoms with Gasteiger partial charge in [0.1, 0.15) is 10.8 Å². The van der Waals surface area contributed by atoms with E-state index in [1.54, 1.807) is 12.1 Å². The summed E-state index contributed by atoms with van der Waals surface area (Å²) in [5.41, 5.74) is -0.412. The molecule has 0 aliphatic heterocycles. The van der Waals surface area contributed by atoms with E-state index in [1.165, 1.54) is 12.1 Å². The van der Waals surface area contributed by atoms with Crippen molar-refractivity contribution in [1.29, 1.82) is 0 Å². The molecule has 0 aliphatic rings. The lowest BCUT2D eigenvalue weighted by Gasteiger charge is -2.10. The molecule has 24 heavy (non-hydrogen) atoms. The lowest BCUT2D eigenvalue weighted by atomic mass is 10.2. The zero-order valence-electron chi connectivity index (χ0n) is 11.6. The number of hydrogen-bond donors (Lipinski definition) is 1. The molecule has 0 amide bonds. The Labute approximate surface area is 136 Å². The number of aromatic nitrogens is 3. The summed E-state index contributed by atoms with van der Waals surface area (Å²) in [7, 11) is 0.